The molecule has 0 saturated carbocycles. The summed E-state index contributed by atoms with van der Waals surface area (Å²) in [6, 6.07) is 3.75. The van der Waals surface area contributed by atoms with Crippen molar-refractivity contribution >= 4 is 51.2 Å². The van der Waals surface area contributed by atoms with E-state index >= 15 is 0 Å². The second kappa shape index (κ2) is 75.3. The number of phosphoric ester groups is 2. The number of benzene rings is 1. The molecule has 1 rings (SSSR count). The molecule has 110 heavy (non-hydrogen) atoms. The maximum absolute atomic E-state index is 13.7. The van der Waals surface area contributed by atoms with Crippen molar-refractivity contribution in [3.63, 3.8) is 0 Å². The Morgan fingerprint density at radius 3 is 1.07 bits per heavy atom. The van der Waals surface area contributed by atoms with Crippen molar-refractivity contribution in [1.82, 2.24) is 21.3 Å². The van der Waals surface area contributed by atoms with Crippen molar-refractivity contribution in [2.45, 2.75) is 361 Å². The first-order valence-electron chi connectivity index (χ1n) is 41.9. The maximum atomic E-state index is 13.7. The van der Waals surface area contributed by atoms with Gasteiger partial charge in [0.2, 0.25) is 11.8 Å². The number of ether oxygens (including phenoxy) is 4. The van der Waals surface area contributed by atoms with E-state index < -0.39 is 102 Å². The largest absolute Gasteiger partial charge is 1.00 e. The zero-order valence-electron chi connectivity index (χ0n) is 71.5. The number of rotatable bonds is 76. The molecule has 1 aromatic carbocycles. The normalized spacial score (nSPS) is 14.3. The molecule has 0 aliphatic heterocycles. The standard InChI is InChI=1S/C82H148N4O20P2.2Na.2H/c1-7-13-19-25-27-29-31-37-43-52-79(91)105-75(50-41-35-23-17-11-5)63-77(89)85-71(65-99-58-54-73(87)48-39-33-21-15-9-3)67-103-107(95,96)101-60-56-83-81(93)69-46-45-47-70(62-69)82(94)84-57-61-102-108(97,98)104-68-72(66-100-59-55-74(88)49-40-34-22-16-10-4)86-78(90)64-76(51-42-36-24-18-12-6)106-80(92)53-44-38-32-30-28-26-20-14-8-2;;;;/h29-32,45-47,62,71-76,87-88H,7-28,33-44,48-61,63-68H2,1-6H3,(H,83,93)(H,84,94)(H,85,89)(H,86,90)(H,95,96)(H,97,98);;;;/q;2*+1;2*-1/b31-29+,32-30+;;;;/t71?,72?,73-,74-,75-,76-;;;;/m1..../s1. The van der Waals surface area contributed by atoms with Gasteiger partial charge in [-0.1, -0.05) is 226 Å². The Bertz CT molecular complexity index is 2460. The summed E-state index contributed by atoms with van der Waals surface area (Å²) >= 11 is 0. The van der Waals surface area contributed by atoms with Crippen LogP contribution in [0.1, 0.15) is 348 Å². The van der Waals surface area contributed by atoms with Crippen LogP contribution in [0.3, 0.4) is 0 Å². The average Bonchev–Trinajstić information content (AvgIpc) is 0.864. The van der Waals surface area contributed by atoms with E-state index in [4.69, 9.17) is 37.0 Å². The molecule has 4 amide bonds. The van der Waals surface area contributed by atoms with Gasteiger partial charge in [-0.05, 0) is 121 Å². The molecule has 0 heterocycles. The van der Waals surface area contributed by atoms with Crippen LogP contribution in [0.5, 0.6) is 0 Å². The molecular formula is C82H150N4Na2O20P2. The Labute approximate surface area is 710 Å². The minimum absolute atomic E-state index is 0. The van der Waals surface area contributed by atoms with E-state index in [1.807, 2.05) is 0 Å². The van der Waals surface area contributed by atoms with E-state index in [0.29, 0.717) is 51.4 Å². The van der Waals surface area contributed by atoms with Crippen molar-refractivity contribution < 1.29 is 157 Å². The number of aliphatic hydroxyl groups excluding tert-OH is 2. The van der Waals surface area contributed by atoms with Crippen LogP contribution >= 0.6 is 15.6 Å². The van der Waals surface area contributed by atoms with Crippen LogP contribution in [0.15, 0.2) is 48.6 Å². The van der Waals surface area contributed by atoms with Crippen LogP contribution in [0, 0.1) is 0 Å². The number of unbranched alkanes of at least 4 members (excludes halogenated alkanes) is 26. The van der Waals surface area contributed by atoms with Gasteiger partial charge in [-0.3, -0.25) is 46.9 Å². The molecule has 0 saturated heterocycles. The molecular weight excluding hydrogens is 1470 g/mol. The van der Waals surface area contributed by atoms with Crippen molar-refractivity contribution in [1.29, 1.82) is 0 Å². The van der Waals surface area contributed by atoms with Crippen molar-refractivity contribution in [3.05, 3.63) is 59.7 Å². The fraction of sp³-hybridized carbons (Fsp3) is 0.805. The number of nitrogens with one attached hydrogen (secondary N) is 4. The zero-order valence-corrected chi connectivity index (χ0v) is 75.3. The van der Waals surface area contributed by atoms with Gasteiger partial charge in [0, 0.05) is 50.3 Å². The van der Waals surface area contributed by atoms with Crippen molar-refractivity contribution in [3.8, 4) is 0 Å². The Balaban J connectivity index is -0.0000146. The van der Waals surface area contributed by atoms with E-state index in [1.165, 1.54) is 62.8 Å². The third kappa shape index (κ3) is 66.7. The third-order valence-corrected chi connectivity index (χ3v) is 20.3. The Morgan fingerprint density at radius 2 is 0.727 bits per heavy atom. The first kappa shape index (κ1) is 110. The van der Waals surface area contributed by atoms with Gasteiger partial charge in [0.05, 0.1) is 76.8 Å². The molecule has 630 valence electrons. The van der Waals surface area contributed by atoms with Gasteiger partial charge in [0.25, 0.3) is 11.8 Å². The van der Waals surface area contributed by atoms with Crippen LogP contribution < -0.4 is 80.4 Å². The second-order valence-electron chi connectivity index (χ2n) is 28.7. The van der Waals surface area contributed by atoms with Gasteiger partial charge in [-0.15, -0.1) is 0 Å². The summed E-state index contributed by atoms with van der Waals surface area (Å²) in [4.78, 5) is 102. The fourth-order valence-electron chi connectivity index (χ4n) is 11.9. The van der Waals surface area contributed by atoms with E-state index in [0.717, 1.165) is 167 Å². The first-order valence-corrected chi connectivity index (χ1v) is 44.9. The van der Waals surface area contributed by atoms with Gasteiger partial charge in [0.15, 0.2) is 0 Å². The Hall–Kier alpha value is -2.42. The Kier molecular flexibility index (Phi) is 75.1. The molecule has 0 aliphatic carbocycles. The summed E-state index contributed by atoms with van der Waals surface area (Å²) < 4.78 is 71.1. The van der Waals surface area contributed by atoms with Gasteiger partial charge in [0.1, 0.15) is 12.2 Å². The van der Waals surface area contributed by atoms with Crippen LogP contribution in [0.4, 0.5) is 0 Å². The summed E-state index contributed by atoms with van der Waals surface area (Å²) in [6.07, 6.45) is 43.5. The molecule has 4 unspecified atom stereocenters. The minimum Gasteiger partial charge on any atom is -1.00 e. The minimum atomic E-state index is -4.80. The van der Waals surface area contributed by atoms with Crippen LogP contribution in [0.2, 0.25) is 0 Å². The van der Waals surface area contributed by atoms with Crippen molar-refractivity contribution in [2.24, 2.45) is 0 Å². The number of hydrogen-bond donors (Lipinski definition) is 8. The smallest absolute Gasteiger partial charge is 1.00 e. The van der Waals surface area contributed by atoms with Gasteiger partial charge in [-0.25, -0.2) is 9.13 Å². The summed E-state index contributed by atoms with van der Waals surface area (Å²) in [5.41, 5.74) is 0.110. The fourth-order valence-corrected chi connectivity index (χ4v) is 13.4. The summed E-state index contributed by atoms with van der Waals surface area (Å²) in [6.45, 7) is 10.4. The van der Waals surface area contributed by atoms with Crippen LogP contribution in [0.25, 0.3) is 0 Å². The predicted octanol–water partition coefficient (Wildman–Crippen LogP) is 11.6. The molecule has 8 N–H and O–H groups in total. The molecule has 0 bridgehead atoms. The Morgan fingerprint density at radius 1 is 0.409 bits per heavy atom. The number of esters is 2. The number of hydrogen-bond acceptors (Lipinski definition) is 18. The number of carbonyl (C=O) groups excluding carboxylic acids is 6. The molecule has 0 spiro atoms. The van der Waals surface area contributed by atoms with E-state index in [9.17, 15) is 57.9 Å². The number of phosphoric acid groups is 2. The SMILES string of the molecule is CCCCCC/C=C/CCCC(=O)O[C@H](CCCCCCC)CC(=O)NC(COCC[C@H](O)CCCCCCC)COP(=O)(O)OCCNC(=O)c1cccc(C(=O)NCCOP(=O)(O)OCC(COCC[C@H](O)CCCCCCC)NC(=O)C[C@@H](CCCCCCC)OC(=O)CCC/C=C/CCCCCC)c1.[H-].[H-].[Na+].[Na+]. The number of amides is 4. The summed E-state index contributed by atoms with van der Waals surface area (Å²) in [5, 5.41) is 32.0. The third-order valence-electron chi connectivity index (χ3n) is 18.4. The summed E-state index contributed by atoms with van der Waals surface area (Å²) in [7, 11) is -9.61. The van der Waals surface area contributed by atoms with E-state index in [2.05, 4.69) is 87.1 Å². The summed E-state index contributed by atoms with van der Waals surface area (Å²) in [5.74, 6) is -3.03. The number of allylic oxidation sites excluding steroid dienone is 4. The predicted molar refractivity (Wildman–Crippen MR) is 430 cm³/mol. The van der Waals surface area contributed by atoms with E-state index in [1.54, 1.807) is 0 Å². The molecule has 0 aliphatic rings. The molecule has 0 fully saturated rings. The molecule has 0 radical (unpaired) electrons. The van der Waals surface area contributed by atoms with E-state index in [-0.39, 0.29) is 150 Å². The molecule has 1 aromatic rings. The molecule has 24 nitrogen and oxygen atoms in total. The molecule has 0 aromatic heterocycles. The van der Waals surface area contributed by atoms with Crippen molar-refractivity contribution in [2.75, 3.05) is 65.9 Å². The van der Waals surface area contributed by atoms with Crippen LogP contribution in [-0.2, 0) is 65.4 Å². The zero-order chi connectivity index (χ0) is 79.4. The maximum Gasteiger partial charge on any atom is 1.00 e. The molecule has 8 atom stereocenters. The molecule has 28 heteroatoms. The van der Waals surface area contributed by atoms with Gasteiger partial charge < -0.3 is 63.1 Å². The number of aliphatic hydroxyl groups is 2. The van der Waals surface area contributed by atoms with Gasteiger partial charge in [-0.2, -0.15) is 0 Å². The van der Waals surface area contributed by atoms with Gasteiger partial charge >= 0.3 is 86.7 Å². The van der Waals surface area contributed by atoms with Crippen LogP contribution in [-0.4, -0.2) is 158 Å². The number of carbonyl (C=O) groups is 6. The average molecular weight is 1620 g/mol. The first-order chi connectivity index (χ1) is 52.2. The second-order valence-corrected chi connectivity index (χ2v) is 31.6. The topological polar surface area (TPSA) is 339 Å². The monoisotopic (exact) mass is 1620 g/mol. The quantitative estimate of drug-likeness (QED) is 0.00987.